The fourth-order valence-corrected chi connectivity index (χ4v) is 3.44. The number of nitrogens with zero attached hydrogens (tertiary/aromatic N) is 1. The van der Waals surface area contributed by atoms with Crippen molar-refractivity contribution in [2.24, 2.45) is 0 Å². The van der Waals surface area contributed by atoms with Crippen LogP contribution < -0.4 is 15.0 Å². The minimum atomic E-state index is -0.343. The second-order valence-corrected chi connectivity index (χ2v) is 6.88. The summed E-state index contributed by atoms with van der Waals surface area (Å²) in [5.41, 5.74) is 2.73. The molecule has 0 saturated heterocycles. The van der Waals surface area contributed by atoms with Gasteiger partial charge in [-0.15, -0.1) is 0 Å². The molecule has 1 aromatic heterocycles. The summed E-state index contributed by atoms with van der Waals surface area (Å²) in [4.78, 5) is 26.7. The van der Waals surface area contributed by atoms with Crippen LogP contribution in [0.3, 0.4) is 0 Å². The number of hydrogen-bond donors (Lipinski definition) is 1. The number of nitrogens with one attached hydrogen (secondary N) is 1. The third kappa shape index (κ3) is 4.48. The van der Waals surface area contributed by atoms with E-state index in [9.17, 15) is 9.59 Å². The Kier molecular flexibility index (Phi) is 5.61. The highest BCUT2D eigenvalue weighted by molar-refractivity contribution is 6.02. The molecule has 4 rings (SSSR count). The van der Waals surface area contributed by atoms with Crippen LogP contribution in [0.2, 0.25) is 0 Å². The summed E-state index contributed by atoms with van der Waals surface area (Å²) in [6.07, 6.45) is 4.47. The Labute approximate surface area is 169 Å². The Balaban J connectivity index is 1.40. The summed E-state index contributed by atoms with van der Waals surface area (Å²) in [6, 6.07) is 18.2. The molecule has 6 nitrogen and oxygen atoms in total. The van der Waals surface area contributed by atoms with Crippen molar-refractivity contribution in [1.29, 1.82) is 0 Å². The molecule has 0 radical (unpaired) electrons. The first kappa shape index (κ1) is 18.8. The van der Waals surface area contributed by atoms with Gasteiger partial charge in [0.1, 0.15) is 5.75 Å². The molecule has 1 aliphatic rings. The first-order valence-corrected chi connectivity index (χ1v) is 9.67. The van der Waals surface area contributed by atoms with Gasteiger partial charge < -0.3 is 19.4 Å². The normalized spacial score (nSPS) is 13.3. The van der Waals surface area contributed by atoms with E-state index in [1.807, 2.05) is 23.1 Å². The van der Waals surface area contributed by atoms with E-state index >= 15 is 0 Å². The number of carbonyl (C=O) groups is 2. The molecule has 0 fully saturated rings. The molecule has 6 heteroatoms. The lowest BCUT2D eigenvalue weighted by molar-refractivity contribution is -0.120. The van der Waals surface area contributed by atoms with E-state index in [-0.39, 0.29) is 24.2 Å². The molecule has 29 heavy (non-hydrogen) atoms. The summed E-state index contributed by atoms with van der Waals surface area (Å²) in [6.45, 7) is 0.627. The first-order chi connectivity index (χ1) is 14.2. The van der Waals surface area contributed by atoms with Crippen molar-refractivity contribution in [2.75, 3.05) is 23.4 Å². The van der Waals surface area contributed by atoms with Crippen LogP contribution in [-0.4, -0.2) is 25.0 Å². The maximum atomic E-state index is 12.8. The maximum absolute atomic E-state index is 12.8. The number of anilines is 2. The van der Waals surface area contributed by atoms with Crippen molar-refractivity contribution in [3.05, 3.63) is 78.3 Å². The van der Waals surface area contributed by atoms with Gasteiger partial charge in [0.15, 0.2) is 12.4 Å². The number of benzene rings is 2. The minimum absolute atomic E-state index is 0.0656. The van der Waals surface area contributed by atoms with Crippen LogP contribution in [0.5, 0.6) is 5.75 Å². The van der Waals surface area contributed by atoms with Gasteiger partial charge in [0.2, 0.25) is 0 Å². The largest absolute Gasteiger partial charge is 0.484 e. The van der Waals surface area contributed by atoms with Gasteiger partial charge in [0.05, 0.1) is 6.26 Å². The summed E-state index contributed by atoms with van der Waals surface area (Å²) < 4.78 is 10.8. The number of hydrogen-bond acceptors (Lipinski definition) is 4. The Hall–Kier alpha value is -3.54. The number of aryl methyl sites for hydroxylation is 1. The van der Waals surface area contributed by atoms with Crippen molar-refractivity contribution in [1.82, 2.24) is 0 Å². The summed E-state index contributed by atoms with van der Waals surface area (Å²) in [7, 11) is 0. The van der Waals surface area contributed by atoms with Crippen LogP contribution in [0, 0.1) is 0 Å². The smallest absolute Gasteiger partial charge is 0.291 e. The van der Waals surface area contributed by atoms with E-state index in [1.165, 1.54) is 11.8 Å². The summed E-state index contributed by atoms with van der Waals surface area (Å²) >= 11 is 0. The summed E-state index contributed by atoms with van der Waals surface area (Å²) in [5, 5.41) is 2.75. The number of furan rings is 1. The third-order valence-electron chi connectivity index (χ3n) is 4.86. The second-order valence-electron chi connectivity index (χ2n) is 6.88. The van der Waals surface area contributed by atoms with E-state index in [4.69, 9.17) is 9.15 Å². The molecule has 0 aliphatic carbocycles. The molecular weight excluding hydrogens is 368 g/mol. The zero-order valence-electron chi connectivity index (χ0n) is 16.0. The molecule has 0 saturated carbocycles. The predicted octanol–water partition coefficient (Wildman–Crippen LogP) is 4.28. The Morgan fingerprint density at radius 3 is 2.79 bits per heavy atom. The molecule has 148 valence electrons. The highest BCUT2D eigenvalue weighted by Crippen LogP contribution is 2.26. The lowest BCUT2D eigenvalue weighted by Gasteiger charge is -2.23. The molecule has 1 aliphatic heterocycles. The fourth-order valence-electron chi connectivity index (χ4n) is 3.44. The third-order valence-corrected chi connectivity index (χ3v) is 4.86. The van der Waals surface area contributed by atoms with Crippen molar-refractivity contribution in [2.45, 2.75) is 19.3 Å². The molecule has 2 amide bonds. The van der Waals surface area contributed by atoms with Crippen LogP contribution in [0.25, 0.3) is 0 Å². The molecule has 0 bridgehead atoms. The number of amides is 2. The number of carbonyl (C=O) groups excluding carboxylic acids is 2. The van der Waals surface area contributed by atoms with Gasteiger partial charge in [-0.05, 0) is 55.2 Å². The number of para-hydroxylation sites is 1. The van der Waals surface area contributed by atoms with Crippen LogP contribution in [-0.2, 0) is 11.2 Å². The monoisotopic (exact) mass is 390 g/mol. The van der Waals surface area contributed by atoms with Crippen LogP contribution in [0.4, 0.5) is 11.4 Å². The van der Waals surface area contributed by atoms with Crippen molar-refractivity contribution in [3.63, 3.8) is 0 Å². The Morgan fingerprint density at radius 1 is 1.03 bits per heavy atom. The Morgan fingerprint density at radius 2 is 1.93 bits per heavy atom. The minimum Gasteiger partial charge on any atom is -0.484 e. The molecule has 0 atom stereocenters. The van der Waals surface area contributed by atoms with Crippen molar-refractivity contribution in [3.8, 4) is 5.75 Å². The first-order valence-electron chi connectivity index (χ1n) is 9.67. The molecule has 1 N–H and O–H groups in total. The van der Waals surface area contributed by atoms with Crippen molar-refractivity contribution >= 4 is 23.2 Å². The molecule has 2 aromatic carbocycles. The molecule has 2 heterocycles. The quantitative estimate of drug-likeness (QED) is 0.706. The molecule has 0 spiro atoms. The van der Waals surface area contributed by atoms with E-state index in [0.717, 1.165) is 24.9 Å². The van der Waals surface area contributed by atoms with Gasteiger partial charge in [0.25, 0.3) is 11.8 Å². The Bertz CT molecular complexity index is 998. The highest BCUT2D eigenvalue weighted by atomic mass is 16.5. The average molecular weight is 390 g/mol. The zero-order chi connectivity index (χ0) is 20.1. The van der Waals surface area contributed by atoms with Crippen molar-refractivity contribution < 1.29 is 18.7 Å². The van der Waals surface area contributed by atoms with E-state index in [1.54, 1.807) is 36.4 Å². The average Bonchev–Trinajstić information content (AvgIpc) is 3.20. The van der Waals surface area contributed by atoms with Gasteiger partial charge in [-0.1, -0.05) is 24.3 Å². The van der Waals surface area contributed by atoms with E-state index in [0.29, 0.717) is 18.0 Å². The van der Waals surface area contributed by atoms with Crippen LogP contribution in [0.15, 0.2) is 71.3 Å². The molecule has 0 unspecified atom stereocenters. The van der Waals surface area contributed by atoms with Gasteiger partial charge >= 0.3 is 0 Å². The number of rotatable bonds is 5. The topological polar surface area (TPSA) is 71.8 Å². The van der Waals surface area contributed by atoms with Crippen LogP contribution >= 0.6 is 0 Å². The van der Waals surface area contributed by atoms with Crippen LogP contribution in [0.1, 0.15) is 29.0 Å². The maximum Gasteiger partial charge on any atom is 0.291 e. The fraction of sp³-hybridized carbons (Fsp3) is 0.217. The summed E-state index contributed by atoms with van der Waals surface area (Å²) in [5.74, 6) is 0.318. The lowest BCUT2D eigenvalue weighted by atomic mass is 10.1. The highest BCUT2D eigenvalue weighted by Gasteiger charge is 2.21. The standard InChI is InChI=1S/C23H22N2O4/c26-22(25-13-4-3-8-17-7-1-2-11-20(17)25)16-29-19-10-5-9-18(15-19)24-23(27)21-12-6-14-28-21/h1-2,5-7,9-12,14-15H,3-4,8,13,16H2,(H,24,27). The SMILES string of the molecule is O=C(Nc1cccc(OCC(=O)N2CCCCc3ccccc32)c1)c1ccco1. The number of fused-ring (bicyclic) bond motifs is 1. The van der Waals surface area contributed by atoms with Gasteiger partial charge in [-0.25, -0.2) is 0 Å². The zero-order valence-corrected chi connectivity index (χ0v) is 16.0. The van der Waals surface area contributed by atoms with Gasteiger partial charge in [-0.3, -0.25) is 9.59 Å². The number of ether oxygens (including phenoxy) is 1. The van der Waals surface area contributed by atoms with Gasteiger partial charge in [0, 0.05) is 24.0 Å². The second kappa shape index (κ2) is 8.65. The molecule has 3 aromatic rings. The molecular formula is C23H22N2O4. The van der Waals surface area contributed by atoms with Gasteiger partial charge in [-0.2, -0.15) is 0 Å². The van der Waals surface area contributed by atoms with E-state index < -0.39 is 0 Å². The lowest BCUT2D eigenvalue weighted by Crippen LogP contribution is -2.35. The van der Waals surface area contributed by atoms with E-state index in [2.05, 4.69) is 11.4 Å². The predicted molar refractivity (Wildman–Crippen MR) is 110 cm³/mol.